The van der Waals surface area contributed by atoms with Gasteiger partial charge >= 0.3 is 0 Å². The Bertz CT molecular complexity index is 1080. The normalized spacial score (nSPS) is 16.0. The SMILES string of the molecule is c1ccc(CCC(CCc2c[nH]c3ccc(-n4cnnc4)cc23)C2CCNCC2)cc1. The number of fused-ring (bicyclic) bond motifs is 1. The van der Waals surface area contributed by atoms with Crippen LogP contribution in [0.3, 0.4) is 0 Å². The summed E-state index contributed by atoms with van der Waals surface area (Å²) in [7, 11) is 0. The lowest BCUT2D eigenvalue weighted by atomic mass is 9.78. The van der Waals surface area contributed by atoms with Crippen molar-refractivity contribution in [2.75, 3.05) is 13.1 Å². The van der Waals surface area contributed by atoms with Gasteiger partial charge in [-0.1, -0.05) is 30.3 Å². The van der Waals surface area contributed by atoms with Gasteiger partial charge in [-0.15, -0.1) is 10.2 Å². The van der Waals surface area contributed by atoms with Crippen molar-refractivity contribution in [1.82, 2.24) is 25.1 Å². The van der Waals surface area contributed by atoms with Gasteiger partial charge in [0, 0.05) is 22.8 Å². The molecule has 0 saturated carbocycles. The van der Waals surface area contributed by atoms with Gasteiger partial charge < -0.3 is 10.3 Å². The molecule has 0 amide bonds. The number of aryl methyl sites for hydroxylation is 2. The molecular weight excluding hydrogens is 382 g/mol. The standard InChI is InChI=1S/C26H31N5/c1-2-4-20(5-3-1)6-7-21(22-12-14-27-15-13-22)8-9-23-17-28-26-11-10-24(16-25(23)26)31-18-29-30-19-31/h1-5,10-11,16-19,21-22,27-28H,6-9,12-15H2. The molecule has 4 aromatic rings. The monoisotopic (exact) mass is 413 g/mol. The number of hydrogen-bond acceptors (Lipinski definition) is 3. The summed E-state index contributed by atoms with van der Waals surface area (Å²) < 4.78 is 1.97. The van der Waals surface area contributed by atoms with Crippen LogP contribution in [0.25, 0.3) is 16.6 Å². The van der Waals surface area contributed by atoms with Crippen LogP contribution in [0.1, 0.15) is 36.8 Å². The van der Waals surface area contributed by atoms with E-state index in [2.05, 4.69) is 75.2 Å². The molecule has 3 heterocycles. The van der Waals surface area contributed by atoms with Crippen LogP contribution >= 0.6 is 0 Å². The zero-order chi connectivity index (χ0) is 20.9. The molecule has 1 atom stereocenters. The van der Waals surface area contributed by atoms with Gasteiger partial charge in [-0.25, -0.2) is 0 Å². The maximum Gasteiger partial charge on any atom is 0.123 e. The fourth-order valence-corrected chi connectivity index (χ4v) is 5.14. The highest BCUT2D eigenvalue weighted by Gasteiger charge is 2.23. The zero-order valence-corrected chi connectivity index (χ0v) is 18.0. The number of nitrogens with zero attached hydrogens (tertiary/aromatic N) is 3. The second kappa shape index (κ2) is 9.48. The lowest BCUT2D eigenvalue weighted by Crippen LogP contribution is -2.32. The van der Waals surface area contributed by atoms with Gasteiger partial charge in [0.25, 0.3) is 0 Å². The molecule has 1 unspecified atom stereocenters. The van der Waals surface area contributed by atoms with Crippen LogP contribution < -0.4 is 5.32 Å². The fourth-order valence-electron chi connectivity index (χ4n) is 5.14. The van der Waals surface area contributed by atoms with Gasteiger partial charge in [0.15, 0.2) is 0 Å². The maximum absolute atomic E-state index is 3.95. The zero-order valence-electron chi connectivity index (χ0n) is 18.0. The highest BCUT2D eigenvalue weighted by Crippen LogP contribution is 2.32. The average molecular weight is 414 g/mol. The van der Waals surface area contributed by atoms with E-state index in [1.807, 2.05) is 4.57 Å². The molecule has 2 aromatic carbocycles. The lowest BCUT2D eigenvalue weighted by molar-refractivity contribution is 0.234. The molecule has 31 heavy (non-hydrogen) atoms. The molecule has 2 N–H and O–H groups in total. The first-order valence-corrected chi connectivity index (χ1v) is 11.6. The Labute approximate surface area is 183 Å². The third kappa shape index (κ3) is 4.72. The largest absolute Gasteiger partial charge is 0.361 e. The van der Waals surface area contributed by atoms with E-state index in [9.17, 15) is 0 Å². The summed E-state index contributed by atoms with van der Waals surface area (Å²) in [5.74, 6) is 1.61. The van der Waals surface area contributed by atoms with E-state index in [4.69, 9.17) is 0 Å². The minimum absolute atomic E-state index is 0.772. The Morgan fingerprint density at radius 1 is 0.935 bits per heavy atom. The van der Waals surface area contributed by atoms with Crippen LogP contribution in [0.5, 0.6) is 0 Å². The van der Waals surface area contributed by atoms with Crippen LogP contribution in [0.4, 0.5) is 0 Å². The van der Waals surface area contributed by atoms with Gasteiger partial charge in [0.2, 0.25) is 0 Å². The molecule has 1 saturated heterocycles. The van der Waals surface area contributed by atoms with Crippen LogP contribution in [0.2, 0.25) is 0 Å². The Kier molecular flexibility index (Phi) is 6.12. The molecule has 2 aromatic heterocycles. The Morgan fingerprint density at radius 3 is 2.52 bits per heavy atom. The van der Waals surface area contributed by atoms with E-state index in [0.717, 1.165) is 23.9 Å². The summed E-state index contributed by atoms with van der Waals surface area (Å²) in [6.07, 6.45) is 13.2. The Balaban J connectivity index is 1.32. The summed E-state index contributed by atoms with van der Waals surface area (Å²) >= 11 is 0. The molecular formula is C26H31N5. The van der Waals surface area contributed by atoms with E-state index >= 15 is 0 Å². The number of benzene rings is 2. The van der Waals surface area contributed by atoms with Crippen LogP contribution in [-0.4, -0.2) is 32.8 Å². The van der Waals surface area contributed by atoms with Crippen LogP contribution in [0, 0.1) is 11.8 Å². The third-order valence-electron chi connectivity index (χ3n) is 6.95. The number of piperidine rings is 1. The van der Waals surface area contributed by atoms with Gasteiger partial charge in [0.1, 0.15) is 12.7 Å². The molecule has 0 radical (unpaired) electrons. The van der Waals surface area contributed by atoms with E-state index in [1.165, 1.54) is 67.2 Å². The maximum atomic E-state index is 3.95. The van der Waals surface area contributed by atoms with Crippen molar-refractivity contribution in [1.29, 1.82) is 0 Å². The Morgan fingerprint density at radius 2 is 1.71 bits per heavy atom. The molecule has 1 fully saturated rings. The predicted octanol–water partition coefficient (Wildman–Crippen LogP) is 4.93. The smallest absolute Gasteiger partial charge is 0.123 e. The van der Waals surface area contributed by atoms with E-state index in [1.54, 1.807) is 12.7 Å². The van der Waals surface area contributed by atoms with Crippen molar-refractivity contribution in [2.45, 2.75) is 38.5 Å². The Hall–Kier alpha value is -2.92. The first-order valence-electron chi connectivity index (χ1n) is 11.6. The number of nitrogens with one attached hydrogen (secondary N) is 2. The van der Waals surface area contributed by atoms with Gasteiger partial charge in [-0.05, 0) is 92.8 Å². The second-order valence-corrected chi connectivity index (χ2v) is 8.82. The molecule has 160 valence electrons. The predicted molar refractivity (Wildman–Crippen MR) is 125 cm³/mol. The number of H-pyrrole nitrogens is 1. The molecule has 0 spiro atoms. The molecule has 5 rings (SSSR count). The number of hydrogen-bond donors (Lipinski definition) is 2. The summed E-state index contributed by atoms with van der Waals surface area (Å²) in [5, 5.41) is 12.7. The van der Waals surface area contributed by atoms with Crippen molar-refractivity contribution in [3.63, 3.8) is 0 Å². The minimum atomic E-state index is 0.772. The summed E-state index contributed by atoms with van der Waals surface area (Å²) in [5.41, 5.74) is 5.20. The van der Waals surface area contributed by atoms with E-state index < -0.39 is 0 Å². The second-order valence-electron chi connectivity index (χ2n) is 8.82. The van der Waals surface area contributed by atoms with Crippen LogP contribution in [0.15, 0.2) is 67.4 Å². The van der Waals surface area contributed by atoms with E-state index in [0.29, 0.717) is 0 Å². The fraction of sp³-hybridized carbons (Fsp3) is 0.385. The quantitative estimate of drug-likeness (QED) is 0.431. The summed E-state index contributed by atoms with van der Waals surface area (Å²) in [4.78, 5) is 3.47. The van der Waals surface area contributed by atoms with Crippen molar-refractivity contribution in [2.24, 2.45) is 11.8 Å². The molecule has 5 heteroatoms. The van der Waals surface area contributed by atoms with Crippen molar-refractivity contribution >= 4 is 10.9 Å². The summed E-state index contributed by atoms with van der Waals surface area (Å²) in [6.45, 7) is 2.34. The van der Waals surface area contributed by atoms with Gasteiger partial charge in [-0.3, -0.25) is 4.57 Å². The molecule has 0 aliphatic carbocycles. The van der Waals surface area contributed by atoms with Gasteiger partial charge in [0.05, 0.1) is 0 Å². The first-order chi connectivity index (χ1) is 15.4. The number of rotatable bonds is 8. The van der Waals surface area contributed by atoms with Crippen molar-refractivity contribution in [3.05, 3.63) is 78.5 Å². The average Bonchev–Trinajstić information content (AvgIpc) is 3.50. The lowest BCUT2D eigenvalue weighted by Gasteiger charge is -2.31. The van der Waals surface area contributed by atoms with Crippen LogP contribution in [-0.2, 0) is 12.8 Å². The minimum Gasteiger partial charge on any atom is -0.361 e. The number of aromatic nitrogens is 4. The topological polar surface area (TPSA) is 58.5 Å². The molecule has 1 aliphatic heterocycles. The molecule has 5 nitrogen and oxygen atoms in total. The van der Waals surface area contributed by atoms with E-state index in [-0.39, 0.29) is 0 Å². The van der Waals surface area contributed by atoms with Gasteiger partial charge in [-0.2, -0.15) is 0 Å². The number of aromatic amines is 1. The summed E-state index contributed by atoms with van der Waals surface area (Å²) in [6, 6.07) is 17.5. The van der Waals surface area contributed by atoms with Crippen molar-refractivity contribution < 1.29 is 0 Å². The highest BCUT2D eigenvalue weighted by molar-refractivity contribution is 5.85. The molecule has 0 bridgehead atoms. The highest BCUT2D eigenvalue weighted by atomic mass is 15.2. The molecule has 1 aliphatic rings. The van der Waals surface area contributed by atoms with Crippen molar-refractivity contribution in [3.8, 4) is 5.69 Å². The third-order valence-corrected chi connectivity index (χ3v) is 6.95. The first kappa shape index (κ1) is 20.0.